The third-order valence-corrected chi connectivity index (χ3v) is 17.4. The van der Waals surface area contributed by atoms with Gasteiger partial charge in [-0.3, -0.25) is 47.9 Å². The number of aromatic hydroxyl groups is 2. The van der Waals surface area contributed by atoms with Gasteiger partial charge in [0.25, 0.3) is 0 Å². The van der Waals surface area contributed by atoms with Gasteiger partial charge in [-0.25, -0.2) is 0 Å². The Balaban J connectivity index is 0.946. The maximum Gasteiger partial charge on any atom is 0.243 e. The topological polar surface area (TPSA) is 384 Å². The molecular formula is C69H79N7O19. The van der Waals surface area contributed by atoms with Crippen LogP contribution >= 0.6 is 0 Å². The lowest BCUT2D eigenvalue weighted by atomic mass is 9.72. The van der Waals surface area contributed by atoms with Gasteiger partial charge in [0.15, 0.2) is 17.9 Å². The van der Waals surface area contributed by atoms with E-state index in [9.17, 15) is 73.5 Å². The van der Waals surface area contributed by atoms with E-state index in [0.717, 1.165) is 5.56 Å². The molecule has 5 aromatic carbocycles. The van der Waals surface area contributed by atoms with E-state index in [1.165, 1.54) is 44.1 Å². The number of Topliss-reactive ketones (excluding diaryl/α,β-unsaturated/α-hetero) is 1. The summed E-state index contributed by atoms with van der Waals surface area (Å²) in [7, 11) is 1.28. The molecule has 504 valence electrons. The zero-order valence-electron chi connectivity index (χ0n) is 53.2. The molecule has 0 unspecified atom stereocenters. The molecule has 2 fully saturated rings. The second-order valence-corrected chi connectivity index (χ2v) is 24.7. The van der Waals surface area contributed by atoms with Gasteiger partial charge < -0.3 is 81.3 Å². The lowest BCUT2D eigenvalue weighted by molar-refractivity contribution is -0.249. The van der Waals surface area contributed by atoms with Crippen molar-refractivity contribution in [1.29, 1.82) is 0 Å². The monoisotopic (exact) mass is 1310 g/mol. The number of amides is 7. The summed E-state index contributed by atoms with van der Waals surface area (Å²) in [6, 6.07) is 22.9. The van der Waals surface area contributed by atoms with Crippen molar-refractivity contribution in [2.24, 2.45) is 5.92 Å². The Bertz CT molecular complexity index is 3720. The predicted octanol–water partition coefficient (Wildman–Crippen LogP) is 1.97. The van der Waals surface area contributed by atoms with E-state index < -0.39 is 168 Å². The lowest BCUT2D eigenvalue weighted by Gasteiger charge is -2.43. The molecule has 4 aliphatic rings. The Morgan fingerprint density at radius 3 is 2.04 bits per heavy atom. The van der Waals surface area contributed by atoms with E-state index in [2.05, 4.69) is 31.9 Å². The SMILES string of the molecule is COc1cccc2c1C(=O)c1c(O)c3c(c(O)c1C2=O)C[C@@](O)(C(=O)CO)C[C@@H]3O[C@H]1C[C@H](NC(=O)[C@H](Cc2ccccc2)NC(=O)[C@H](Cc2ccc(OCc3ccccc3)cc2)NC(=O)CNC(=O)[C@H](CC(C)C)NC(=O)[C@@H]2CCCN2C(=O)CNC(C)=O)[C@H](O)[C@H](C)O1. The molecule has 95 heavy (non-hydrogen) atoms. The Hall–Kier alpha value is -9.60. The van der Waals surface area contributed by atoms with Gasteiger partial charge >= 0.3 is 0 Å². The number of ether oxygens (including phenoxy) is 4. The molecule has 0 spiro atoms. The van der Waals surface area contributed by atoms with Crippen LogP contribution in [0.25, 0.3) is 0 Å². The number of methoxy groups -OCH3 is 1. The molecule has 26 nitrogen and oxygen atoms in total. The number of carbonyl (C=O) groups is 10. The Morgan fingerprint density at radius 1 is 0.737 bits per heavy atom. The maximum atomic E-state index is 14.9. The van der Waals surface area contributed by atoms with Gasteiger partial charge in [-0.05, 0) is 67.0 Å². The molecular weight excluding hydrogens is 1230 g/mol. The molecule has 0 aromatic heterocycles. The first-order valence-corrected chi connectivity index (χ1v) is 31.4. The first kappa shape index (κ1) is 69.7. The fourth-order valence-corrected chi connectivity index (χ4v) is 12.5. The zero-order chi connectivity index (χ0) is 68.4. The molecule has 11 N–H and O–H groups in total. The minimum absolute atomic E-state index is 0.00106. The van der Waals surface area contributed by atoms with Gasteiger partial charge in [-0.1, -0.05) is 98.8 Å². The quantitative estimate of drug-likeness (QED) is 0.0346. The summed E-state index contributed by atoms with van der Waals surface area (Å²) in [5.41, 5.74) is -2.61. The normalized spacial score (nSPS) is 21.3. The number of nitrogens with one attached hydrogen (secondary N) is 6. The van der Waals surface area contributed by atoms with Crippen molar-refractivity contribution in [2.45, 2.75) is 146 Å². The van der Waals surface area contributed by atoms with Crippen LogP contribution in [0.3, 0.4) is 0 Å². The second kappa shape index (κ2) is 30.6. The molecule has 2 aliphatic heterocycles. The molecule has 9 rings (SSSR count). The summed E-state index contributed by atoms with van der Waals surface area (Å²) in [6.45, 7) is 4.77. The Kier molecular flexibility index (Phi) is 22.5. The highest BCUT2D eigenvalue weighted by Crippen LogP contribution is 2.52. The fraction of sp³-hybridized carbons (Fsp3) is 0.420. The van der Waals surface area contributed by atoms with Crippen LogP contribution in [0, 0.1) is 5.92 Å². The Morgan fingerprint density at radius 2 is 1.39 bits per heavy atom. The zero-order valence-corrected chi connectivity index (χ0v) is 53.2. The number of nitrogens with zero attached hydrogens (tertiary/aromatic N) is 1. The summed E-state index contributed by atoms with van der Waals surface area (Å²) in [5.74, 6) is -8.85. The lowest BCUT2D eigenvalue weighted by Crippen LogP contribution is -2.60. The number of rotatable bonds is 26. The number of phenolic OH excluding ortho intramolecular Hbond substituents is 2. The highest BCUT2D eigenvalue weighted by molar-refractivity contribution is 6.31. The molecule has 26 heteroatoms. The Labute approximate surface area is 547 Å². The second-order valence-electron chi connectivity index (χ2n) is 24.7. The number of phenols is 2. The number of hydrogen-bond acceptors (Lipinski definition) is 19. The minimum atomic E-state index is -2.48. The molecule has 0 radical (unpaired) electrons. The number of fused-ring (bicyclic) bond motifs is 3. The van der Waals surface area contributed by atoms with Crippen molar-refractivity contribution in [2.75, 3.05) is 33.4 Å². The van der Waals surface area contributed by atoms with Crippen LogP contribution in [0.2, 0.25) is 0 Å². The van der Waals surface area contributed by atoms with E-state index in [0.29, 0.717) is 29.7 Å². The number of aliphatic hydroxyl groups is 3. The average molecular weight is 1310 g/mol. The molecule has 7 amide bonds. The van der Waals surface area contributed by atoms with Crippen molar-refractivity contribution in [3.05, 3.63) is 153 Å². The summed E-state index contributed by atoms with van der Waals surface area (Å²) in [5, 5.41) is 73.8. The van der Waals surface area contributed by atoms with E-state index in [-0.39, 0.29) is 79.3 Å². The number of carbonyl (C=O) groups excluding carboxylic acids is 10. The van der Waals surface area contributed by atoms with Crippen molar-refractivity contribution < 1.29 is 92.4 Å². The third-order valence-electron chi connectivity index (χ3n) is 17.4. The number of ketones is 3. The molecule has 5 aromatic rings. The molecule has 2 saturated heterocycles. The summed E-state index contributed by atoms with van der Waals surface area (Å²) < 4.78 is 23.9. The number of hydrogen-bond donors (Lipinski definition) is 11. The third kappa shape index (κ3) is 16.3. The van der Waals surface area contributed by atoms with Crippen LogP contribution in [0.15, 0.2) is 103 Å². The highest BCUT2D eigenvalue weighted by atomic mass is 16.7. The van der Waals surface area contributed by atoms with Crippen LogP contribution in [-0.4, -0.2) is 177 Å². The van der Waals surface area contributed by atoms with Gasteiger partial charge in [0, 0.05) is 62.3 Å². The number of likely N-dealkylation sites (tertiary alicyclic amines) is 1. The van der Waals surface area contributed by atoms with E-state index >= 15 is 0 Å². The highest BCUT2D eigenvalue weighted by Gasteiger charge is 2.51. The molecule has 0 bridgehead atoms. The van der Waals surface area contributed by atoms with Crippen molar-refractivity contribution in [3.63, 3.8) is 0 Å². The minimum Gasteiger partial charge on any atom is -0.507 e. The van der Waals surface area contributed by atoms with E-state index in [1.807, 2.05) is 44.2 Å². The first-order valence-electron chi connectivity index (χ1n) is 31.4. The van der Waals surface area contributed by atoms with E-state index in [4.69, 9.17) is 18.9 Å². The summed E-state index contributed by atoms with van der Waals surface area (Å²) in [6.07, 6.45) is -6.82. The van der Waals surface area contributed by atoms with Crippen molar-refractivity contribution in [1.82, 2.24) is 36.8 Å². The summed E-state index contributed by atoms with van der Waals surface area (Å²) >= 11 is 0. The average Bonchev–Trinajstić information content (AvgIpc) is 0.998. The van der Waals surface area contributed by atoms with E-state index in [1.54, 1.807) is 54.6 Å². The molecule has 2 heterocycles. The number of benzene rings is 5. The molecule has 2 aliphatic carbocycles. The van der Waals surface area contributed by atoms with Gasteiger partial charge in [-0.15, -0.1) is 0 Å². The maximum absolute atomic E-state index is 14.9. The van der Waals surface area contributed by atoms with Crippen LogP contribution in [-0.2, 0) is 73.7 Å². The van der Waals surface area contributed by atoms with Crippen LogP contribution in [0.1, 0.15) is 126 Å². The standard InChI is InChI=1S/C69H79N7O19/c1-36(2)26-46(75-68(90)49-19-13-25-76(49)54(81)33-70-38(4)78)65(87)71-32-53(80)72-47(28-40-21-23-42(24-22-40)93-35-41-16-10-7-11-17-41)66(88)74-48(27-39-14-8-6-9-15-39)67(89)73-45-29-55(94-37(3)60(45)82)95-51-31-69(91,52(79)34-77)30-44-57(51)64(86)59-58(62(44)84)61(83)43-18-12-20-50(92-5)56(43)63(59)85/h6-12,14-18,20-24,36-37,45-49,51,55,60,77,82,84,86,91H,13,19,25-35H2,1-5H3,(H,70,78)(H,71,87)(H,72,80)(H,73,89)(H,74,88)(H,75,90)/t37-,45-,46-,47-,48-,49-,51-,55-,60+,69-/m0/s1. The van der Waals surface area contributed by atoms with Gasteiger partial charge in [0.2, 0.25) is 47.1 Å². The van der Waals surface area contributed by atoms with Crippen LogP contribution in [0.5, 0.6) is 23.0 Å². The van der Waals surface area contributed by atoms with Crippen LogP contribution in [0.4, 0.5) is 0 Å². The van der Waals surface area contributed by atoms with Crippen LogP contribution < -0.4 is 41.4 Å². The van der Waals surface area contributed by atoms with Gasteiger partial charge in [0.1, 0.15) is 72.1 Å². The summed E-state index contributed by atoms with van der Waals surface area (Å²) in [4.78, 5) is 139. The molecule has 0 saturated carbocycles. The van der Waals surface area contributed by atoms with Crippen molar-refractivity contribution >= 4 is 58.7 Å². The predicted molar refractivity (Wildman–Crippen MR) is 338 cm³/mol. The van der Waals surface area contributed by atoms with Gasteiger partial charge in [-0.2, -0.15) is 0 Å². The smallest absolute Gasteiger partial charge is 0.243 e. The number of aliphatic hydroxyl groups excluding tert-OH is 2. The van der Waals surface area contributed by atoms with Gasteiger partial charge in [0.05, 0.1) is 55.1 Å². The molecule has 10 atom stereocenters. The van der Waals surface area contributed by atoms with Crippen molar-refractivity contribution in [3.8, 4) is 23.0 Å². The largest absolute Gasteiger partial charge is 0.507 e. The fourth-order valence-electron chi connectivity index (χ4n) is 12.5. The first-order chi connectivity index (χ1) is 45.4.